The lowest BCUT2D eigenvalue weighted by Gasteiger charge is -2.11. The van der Waals surface area contributed by atoms with E-state index in [1.807, 2.05) is 18.2 Å². The Labute approximate surface area is 112 Å². The van der Waals surface area contributed by atoms with Crippen molar-refractivity contribution in [3.8, 4) is 6.07 Å². The van der Waals surface area contributed by atoms with Crippen molar-refractivity contribution in [2.45, 2.75) is 5.92 Å². The lowest BCUT2D eigenvalue weighted by Crippen LogP contribution is -2.01. The molecule has 1 atom stereocenters. The number of aromatic nitrogens is 2. The van der Waals surface area contributed by atoms with Crippen LogP contribution in [0.25, 0.3) is 6.08 Å². The molecule has 2 heterocycles. The number of ether oxygens (including phenoxy) is 1. The standard InChI is InChI=1S/C15H13N3O/c1-19-8-5-13-11-18-7-4-14(13)15(9-16)12-3-2-6-17-10-12/h2-8,10-11,15H,1H3/b8-5-. The number of nitrogens with zero attached hydrogens (tertiary/aromatic N) is 3. The van der Waals surface area contributed by atoms with E-state index in [0.29, 0.717) is 0 Å². The smallest absolute Gasteiger partial charge is 0.0984 e. The van der Waals surface area contributed by atoms with Crippen molar-refractivity contribution >= 4 is 6.08 Å². The maximum Gasteiger partial charge on any atom is 0.0984 e. The minimum Gasteiger partial charge on any atom is -0.504 e. The molecule has 94 valence electrons. The fourth-order valence-corrected chi connectivity index (χ4v) is 1.83. The highest BCUT2D eigenvalue weighted by molar-refractivity contribution is 5.55. The molecule has 0 fully saturated rings. The Morgan fingerprint density at radius 3 is 2.79 bits per heavy atom. The number of hydrogen-bond acceptors (Lipinski definition) is 4. The first kappa shape index (κ1) is 12.8. The minimum absolute atomic E-state index is 0.367. The summed E-state index contributed by atoms with van der Waals surface area (Å²) >= 11 is 0. The van der Waals surface area contributed by atoms with Gasteiger partial charge in [-0.2, -0.15) is 5.26 Å². The molecule has 0 bridgehead atoms. The number of nitriles is 1. The molecule has 0 saturated heterocycles. The molecule has 0 amide bonds. The van der Waals surface area contributed by atoms with Gasteiger partial charge < -0.3 is 4.74 Å². The third-order valence-electron chi connectivity index (χ3n) is 2.73. The first-order valence-electron chi connectivity index (χ1n) is 5.79. The predicted octanol–water partition coefficient (Wildman–Crippen LogP) is 2.75. The Kier molecular flexibility index (Phi) is 4.25. The van der Waals surface area contributed by atoms with Crippen molar-refractivity contribution in [2.24, 2.45) is 0 Å². The van der Waals surface area contributed by atoms with Crippen LogP contribution in [0.1, 0.15) is 22.6 Å². The second-order valence-corrected chi connectivity index (χ2v) is 3.89. The monoisotopic (exact) mass is 251 g/mol. The molecule has 0 N–H and O–H groups in total. The zero-order valence-corrected chi connectivity index (χ0v) is 10.5. The highest BCUT2D eigenvalue weighted by Crippen LogP contribution is 2.26. The quantitative estimate of drug-likeness (QED) is 0.784. The van der Waals surface area contributed by atoms with Crippen LogP contribution in [0.5, 0.6) is 0 Å². The molecule has 19 heavy (non-hydrogen) atoms. The summed E-state index contributed by atoms with van der Waals surface area (Å²) in [5.74, 6) is -0.367. The summed E-state index contributed by atoms with van der Waals surface area (Å²) in [7, 11) is 1.58. The van der Waals surface area contributed by atoms with E-state index >= 15 is 0 Å². The van der Waals surface area contributed by atoms with Crippen LogP contribution in [0.4, 0.5) is 0 Å². The van der Waals surface area contributed by atoms with E-state index in [4.69, 9.17) is 4.74 Å². The zero-order valence-electron chi connectivity index (χ0n) is 10.5. The number of rotatable bonds is 4. The van der Waals surface area contributed by atoms with Crippen molar-refractivity contribution in [3.63, 3.8) is 0 Å². The van der Waals surface area contributed by atoms with E-state index in [9.17, 15) is 5.26 Å². The summed E-state index contributed by atoms with van der Waals surface area (Å²) in [5, 5.41) is 9.43. The van der Waals surface area contributed by atoms with Gasteiger partial charge in [-0.15, -0.1) is 0 Å². The molecule has 2 aromatic rings. The van der Waals surface area contributed by atoms with Gasteiger partial charge in [-0.3, -0.25) is 9.97 Å². The second kappa shape index (κ2) is 6.31. The molecular weight excluding hydrogens is 238 g/mol. The molecule has 2 aromatic heterocycles. The minimum atomic E-state index is -0.367. The van der Waals surface area contributed by atoms with Crippen LogP contribution in [-0.2, 0) is 4.74 Å². The maximum absolute atomic E-state index is 9.43. The normalized spacial score (nSPS) is 12.0. The first-order valence-corrected chi connectivity index (χ1v) is 5.79. The molecular formula is C15H13N3O. The van der Waals surface area contributed by atoms with Gasteiger partial charge in [-0.05, 0) is 29.3 Å². The molecule has 0 aliphatic heterocycles. The van der Waals surface area contributed by atoms with Crippen LogP contribution in [0, 0.1) is 11.3 Å². The third-order valence-corrected chi connectivity index (χ3v) is 2.73. The van der Waals surface area contributed by atoms with Gasteiger partial charge in [0.2, 0.25) is 0 Å². The van der Waals surface area contributed by atoms with E-state index in [1.54, 1.807) is 44.2 Å². The van der Waals surface area contributed by atoms with Crippen LogP contribution in [-0.4, -0.2) is 17.1 Å². The van der Waals surface area contributed by atoms with Gasteiger partial charge in [-0.25, -0.2) is 0 Å². The lowest BCUT2D eigenvalue weighted by molar-refractivity contribution is 0.341. The van der Waals surface area contributed by atoms with Crippen molar-refractivity contribution in [3.05, 3.63) is 65.9 Å². The van der Waals surface area contributed by atoms with Gasteiger partial charge in [0, 0.05) is 30.4 Å². The zero-order chi connectivity index (χ0) is 13.5. The summed E-state index contributed by atoms with van der Waals surface area (Å²) in [5.41, 5.74) is 2.61. The van der Waals surface area contributed by atoms with E-state index in [1.165, 1.54) is 0 Å². The average molecular weight is 251 g/mol. The molecule has 0 aliphatic carbocycles. The molecule has 0 aliphatic rings. The lowest BCUT2D eigenvalue weighted by atomic mass is 9.91. The Morgan fingerprint density at radius 2 is 2.11 bits per heavy atom. The molecule has 0 saturated carbocycles. The summed E-state index contributed by atoms with van der Waals surface area (Å²) < 4.78 is 4.92. The largest absolute Gasteiger partial charge is 0.504 e. The van der Waals surface area contributed by atoms with Crippen molar-refractivity contribution in [1.29, 1.82) is 5.26 Å². The summed E-state index contributed by atoms with van der Waals surface area (Å²) in [6, 6.07) is 7.87. The van der Waals surface area contributed by atoms with Crippen LogP contribution >= 0.6 is 0 Å². The molecule has 0 radical (unpaired) electrons. The van der Waals surface area contributed by atoms with E-state index in [2.05, 4.69) is 16.0 Å². The molecule has 0 aromatic carbocycles. The molecule has 0 spiro atoms. The van der Waals surface area contributed by atoms with Crippen molar-refractivity contribution in [2.75, 3.05) is 7.11 Å². The van der Waals surface area contributed by atoms with Gasteiger partial charge in [0.05, 0.1) is 25.4 Å². The van der Waals surface area contributed by atoms with Gasteiger partial charge >= 0.3 is 0 Å². The number of methoxy groups -OCH3 is 1. The molecule has 4 nitrogen and oxygen atoms in total. The third kappa shape index (κ3) is 2.96. The Morgan fingerprint density at radius 1 is 1.26 bits per heavy atom. The summed E-state index contributed by atoms with van der Waals surface area (Å²) in [6.45, 7) is 0. The van der Waals surface area contributed by atoms with Crippen LogP contribution in [0.2, 0.25) is 0 Å². The van der Waals surface area contributed by atoms with Crippen LogP contribution in [0.3, 0.4) is 0 Å². The number of pyridine rings is 2. The summed E-state index contributed by atoms with van der Waals surface area (Å²) in [4.78, 5) is 8.14. The van der Waals surface area contributed by atoms with E-state index in [-0.39, 0.29) is 5.92 Å². The first-order chi connectivity index (χ1) is 9.36. The van der Waals surface area contributed by atoms with Crippen LogP contribution in [0.15, 0.2) is 49.2 Å². The highest BCUT2D eigenvalue weighted by Gasteiger charge is 2.16. The molecule has 1 unspecified atom stereocenters. The van der Waals surface area contributed by atoms with E-state index in [0.717, 1.165) is 16.7 Å². The van der Waals surface area contributed by atoms with Gasteiger partial charge in [0.15, 0.2) is 0 Å². The topological polar surface area (TPSA) is 58.8 Å². The molecule has 2 rings (SSSR count). The summed E-state index contributed by atoms with van der Waals surface area (Å²) in [6.07, 6.45) is 10.2. The average Bonchev–Trinajstić information content (AvgIpc) is 2.48. The molecule has 4 heteroatoms. The Balaban J connectivity index is 2.45. The Hall–Kier alpha value is -2.67. The second-order valence-electron chi connectivity index (χ2n) is 3.89. The number of hydrogen-bond donors (Lipinski definition) is 0. The van der Waals surface area contributed by atoms with Crippen LogP contribution < -0.4 is 0 Å². The SMILES string of the molecule is CO/C=C\c1cnccc1C(C#N)c1cccnc1. The van der Waals surface area contributed by atoms with Crippen molar-refractivity contribution < 1.29 is 4.74 Å². The fourth-order valence-electron chi connectivity index (χ4n) is 1.83. The van der Waals surface area contributed by atoms with E-state index < -0.39 is 0 Å². The maximum atomic E-state index is 9.43. The van der Waals surface area contributed by atoms with Gasteiger partial charge in [0.1, 0.15) is 0 Å². The fraction of sp³-hybridized carbons (Fsp3) is 0.133. The van der Waals surface area contributed by atoms with Crippen molar-refractivity contribution in [1.82, 2.24) is 9.97 Å². The Bertz CT molecular complexity index is 602. The van der Waals surface area contributed by atoms with Gasteiger partial charge in [-0.1, -0.05) is 6.07 Å². The predicted molar refractivity (Wildman–Crippen MR) is 72.0 cm³/mol. The van der Waals surface area contributed by atoms with Gasteiger partial charge in [0.25, 0.3) is 0 Å². The highest BCUT2D eigenvalue weighted by atomic mass is 16.5.